The van der Waals surface area contributed by atoms with Gasteiger partial charge in [0, 0.05) is 17.4 Å². The zero-order chi connectivity index (χ0) is 15.1. The molecule has 0 aromatic heterocycles. The van der Waals surface area contributed by atoms with Gasteiger partial charge in [0.15, 0.2) is 0 Å². The number of phenols is 1. The number of anilines is 2. The van der Waals surface area contributed by atoms with Gasteiger partial charge in [-0.05, 0) is 55.3 Å². The van der Waals surface area contributed by atoms with Gasteiger partial charge in [-0.15, -0.1) is 0 Å². The fourth-order valence-electron chi connectivity index (χ4n) is 2.77. The van der Waals surface area contributed by atoms with Crippen molar-refractivity contribution in [1.29, 1.82) is 0 Å². The summed E-state index contributed by atoms with van der Waals surface area (Å²) in [5, 5.41) is 9.81. The molecule has 2 aromatic carbocycles. The van der Waals surface area contributed by atoms with Gasteiger partial charge in [0.25, 0.3) is 5.91 Å². The third-order valence-corrected chi connectivity index (χ3v) is 3.73. The van der Waals surface area contributed by atoms with Crippen LogP contribution in [0, 0.1) is 5.82 Å². The summed E-state index contributed by atoms with van der Waals surface area (Å²) < 4.78 is 13.3. The molecule has 21 heavy (non-hydrogen) atoms. The molecule has 0 saturated carbocycles. The van der Waals surface area contributed by atoms with Crippen molar-refractivity contribution in [1.82, 2.24) is 0 Å². The van der Waals surface area contributed by atoms with E-state index in [2.05, 4.69) is 0 Å². The molecule has 0 spiro atoms. The topological polar surface area (TPSA) is 66.6 Å². The SMILES string of the molecule is CC1Cc2cc(N)ccc2N1C(=O)c1cc(F)ccc1O. The van der Waals surface area contributed by atoms with Gasteiger partial charge in [-0.25, -0.2) is 4.39 Å². The number of nitrogens with zero attached hydrogens (tertiary/aromatic N) is 1. The lowest BCUT2D eigenvalue weighted by Gasteiger charge is -2.23. The first-order chi connectivity index (χ1) is 9.97. The summed E-state index contributed by atoms with van der Waals surface area (Å²) in [5.41, 5.74) is 8.10. The van der Waals surface area contributed by atoms with Crippen LogP contribution in [0.4, 0.5) is 15.8 Å². The number of fused-ring (bicyclic) bond motifs is 1. The molecule has 3 N–H and O–H groups in total. The molecule has 4 nitrogen and oxygen atoms in total. The Kier molecular flexibility index (Phi) is 3.05. The minimum atomic E-state index is -0.555. The van der Waals surface area contributed by atoms with Crippen LogP contribution in [0.5, 0.6) is 5.75 Å². The molecule has 1 amide bonds. The average molecular weight is 286 g/mol. The second-order valence-corrected chi connectivity index (χ2v) is 5.28. The van der Waals surface area contributed by atoms with Crippen LogP contribution >= 0.6 is 0 Å². The van der Waals surface area contributed by atoms with E-state index in [0.29, 0.717) is 12.1 Å². The number of carbonyl (C=O) groups excluding carboxylic acids is 1. The second-order valence-electron chi connectivity index (χ2n) is 5.28. The molecule has 1 aliphatic rings. The highest BCUT2D eigenvalue weighted by atomic mass is 19.1. The molecule has 0 saturated heterocycles. The summed E-state index contributed by atoms with van der Waals surface area (Å²) in [5.74, 6) is -1.19. The van der Waals surface area contributed by atoms with Crippen molar-refractivity contribution in [2.24, 2.45) is 0 Å². The van der Waals surface area contributed by atoms with Crippen LogP contribution in [0.25, 0.3) is 0 Å². The molecule has 5 heteroatoms. The van der Waals surface area contributed by atoms with E-state index in [0.717, 1.165) is 23.4 Å². The number of carbonyl (C=O) groups is 1. The lowest BCUT2D eigenvalue weighted by atomic mass is 10.1. The van der Waals surface area contributed by atoms with Gasteiger partial charge < -0.3 is 15.7 Å². The Bertz CT molecular complexity index is 730. The smallest absolute Gasteiger partial charge is 0.262 e. The van der Waals surface area contributed by atoms with E-state index >= 15 is 0 Å². The van der Waals surface area contributed by atoms with Crippen LogP contribution in [0.15, 0.2) is 36.4 Å². The zero-order valence-corrected chi connectivity index (χ0v) is 11.5. The molecule has 1 unspecified atom stereocenters. The number of halogens is 1. The monoisotopic (exact) mass is 286 g/mol. The van der Waals surface area contributed by atoms with Crippen LogP contribution < -0.4 is 10.6 Å². The highest BCUT2D eigenvalue weighted by Crippen LogP contribution is 2.35. The van der Waals surface area contributed by atoms with Crippen molar-refractivity contribution in [2.45, 2.75) is 19.4 Å². The largest absolute Gasteiger partial charge is 0.507 e. The van der Waals surface area contributed by atoms with Gasteiger partial charge >= 0.3 is 0 Å². The van der Waals surface area contributed by atoms with E-state index in [-0.39, 0.29) is 17.4 Å². The first-order valence-electron chi connectivity index (χ1n) is 6.68. The van der Waals surface area contributed by atoms with Crippen molar-refractivity contribution in [3.05, 3.63) is 53.3 Å². The Morgan fingerprint density at radius 3 is 2.86 bits per heavy atom. The van der Waals surface area contributed by atoms with E-state index in [1.54, 1.807) is 17.0 Å². The van der Waals surface area contributed by atoms with Gasteiger partial charge in [-0.3, -0.25) is 4.79 Å². The Morgan fingerprint density at radius 2 is 2.10 bits per heavy atom. The number of rotatable bonds is 1. The van der Waals surface area contributed by atoms with Crippen molar-refractivity contribution in [3.63, 3.8) is 0 Å². The summed E-state index contributed by atoms with van der Waals surface area (Å²) in [7, 11) is 0. The van der Waals surface area contributed by atoms with Gasteiger partial charge in [0.2, 0.25) is 0 Å². The zero-order valence-electron chi connectivity index (χ0n) is 11.5. The van der Waals surface area contributed by atoms with Crippen molar-refractivity contribution < 1.29 is 14.3 Å². The summed E-state index contributed by atoms with van der Waals surface area (Å²) in [4.78, 5) is 14.2. The number of amides is 1. The summed E-state index contributed by atoms with van der Waals surface area (Å²) in [6.45, 7) is 1.91. The molecule has 1 atom stereocenters. The quantitative estimate of drug-likeness (QED) is 0.792. The number of hydrogen-bond acceptors (Lipinski definition) is 3. The normalized spacial score (nSPS) is 16.9. The number of aromatic hydroxyl groups is 1. The minimum absolute atomic E-state index is 0.0356. The standard InChI is InChI=1S/C16H15FN2O2/c1-9-6-10-7-12(18)3-4-14(10)19(9)16(21)13-8-11(17)2-5-15(13)20/h2-5,7-9,20H,6,18H2,1H3. The van der Waals surface area contributed by atoms with Gasteiger partial charge in [-0.1, -0.05) is 0 Å². The van der Waals surface area contributed by atoms with Crippen molar-refractivity contribution in [3.8, 4) is 5.75 Å². The lowest BCUT2D eigenvalue weighted by molar-refractivity contribution is 0.0978. The van der Waals surface area contributed by atoms with Gasteiger partial charge in [0.05, 0.1) is 5.56 Å². The molecular formula is C16H15FN2O2. The third-order valence-electron chi connectivity index (χ3n) is 3.73. The molecule has 0 aliphatic carbocycles. The number of nitrogens with two attached hydrogens (primary N) is 1. The van der Waals surface area contributed by atoms with Crippen LogP contribution in [0.2, 0.25) is 0 Å². The summed E-state index contributed by atoms with van der Waals surface area (Å²) >= 11 is 0. The Morgan fingerprint density at radius 1 is 1.33 bits per heavy atom. The highest BCUT2D eigenvalue weighted by Gasteiger charge is 2.32. The molecule has 0 bridgehead atoms. The van der Waals surface area contributed by atoms with E-state index in [4.69, 9.17) is 5.73 Å². The molecule has 1 aliphatic heterocycles. The van der Waals surface area contributed by atoms with Crippen molar-refractivity contribution >= 4 is 17.3 Å². The maximum atomic E-state index is 13.3. The Hall–Kier alpha value is -2.56. The van der Waals surface area contributed by atoms with Gasteiger partial charge in [0.1, 0.15) is 11.6 Å². The molecule has 0 radical (unpaired) electrons. The van der Waals surface area contributed by atoms with Crippen LogP contribution in [0.3, 0.4) is 0 Å². The molecular weight excluding hydrogens is 271 g/mol. The van der Waals surface area contributed by atoms with E-state index in [1.165, 1.54) is 6.07 Å². The van der Waals surface area contributed by atoms with Crippen molar-refractivity contribution in [2.75, 3.05) is 10.6 Å². The lowest BCUT2D eigenvalue weighted by Crippen LogP contribution is -2.35. The maximum absolute atomic E-state index is 13.3. The van der Waals surface area contributed by atoms with E-state index in [9.17, 15) is 14.3 Å². The number of phenolic OH excluding ortho intramolecular Hbond substituents is 1. The Balaban J connectivity index is 2.05. The Labute approximate surface area is 121 Å². The predicted octanol–water partition coefficient (Wildman–Crippen LogP) is 2.70. The van der Waals surface area contributed by atoms with E-state index < -0.39 is 11.7 Å². The summed E-state index contributed by atoms with van der Waals surface area (Å²) in [6.07, 6.45) is 0.683. The fraction of sp³-hybridized carbons (Fsp3) is 0.188. The van der Waals surface area contributed by atoms with Crippen LogP contribution in [-0.2, 0) is 6.42 Å². The first-order valence-corrected chi connectivity index (χ1v) is 6.68. The van der Waals surface area contributed by atoms with Crippen LogP contribution in [0.1, 0.15) is 22.8 Å². The summed E-state index contributed by atoms with van der Waals surface area (Å²) in [6, 6.07) is 8.63. The predicted molar refractivity (Wildman–Crippen MR) is 78.9 cm³/mol. The first kappa shape index (κ1) is 13.4. The third kappa shape index (κ3) is 2.20. The fourth-order valence-corrected chi connectivity index (χ4v) is 2.77. The number of benzene rings is 2. The number of nitrogen functional groups attached to an aromatic ring is 1. The highest BCUT2D eigenvalue weighted by molar-refractivity contribution is 6.09. The minimum Gasteiger partial charge on any atom is -0.507 e. The maximum Gasteiger partial charge on any atom is 0.262 e. The van der Waals surface area contributed by atoms with Gasteiger partial charge in [-0.2, -0.15) is 0 Å². The molecule has 2 aromatic rings. The second kappa shape index (κ2) is 4.77. The molecule has 0 fully saturated rings. The van der Waals surface area contributed by atoms with Crippen LogP contribution in [-0.4, -0.2) is 17.1 Å². The molecule has 108 valence electrons. The average Bonchev–Trinajstić information content (AvgIpc) is 2.75. The van der Waals surface area contributed by atoms with E-state index in [1.807, 2.05) is 13.0 Å². The molecule has 3 rings (SSSR count). The number of hydrogen-bond donors (Lipinski definition) is 2. The molecule has 1 heterocycles.